The molecule has 0 aromatic carbocycles. The van der Waals surface area contributed by atoms with Crippen LogP contribution in [0.15, 0.2) is 0 Å². The van der Waals surface area contributed by atoms with Crippen molar-refractivity contribution in [1.82, 2.24) is 0 Å². The molecule has 48 valence electrons. The molecule has 0 aromatic rings. The van der Waals surface area contributed by atoms with Gasteiger partial charge in [-0.05, 0) is 0 Å². The van der Waals surface area contributed by atoms with E-state index in [1.165, 1.54) is 0 Å². The lowest BCUT2D eigenvalue weighted by atomic mass is 9.83. The molecule has 0 bridgehead atoms. The Morgan fingerprint density at radius 1 is 1.75 bits per heavy atom. The van der Waals surface area contributed by atoms with Crippen LogP contribution in [0.2, 0.25) is 0 Å². The van der Waals surface area contributed by atoms with Gasteiger partial charge in [0.15, 0.2) is 0 Å². The molecule has 1 aliphatic heterocycles. The Morgan fingerprint density at radius 2 is 2.38 bits per heavy atom. The first-order valence-corrected chi connectivity index (χ1v) is 2.98. The highest BCUT2D eigenvalue weighted by molar-refractivity contribution is 4.87. The molecule has 2 nitrogen and oxygen atoms in total. The Balaban J connectivity index is 2.37. The van der Waals surface area contributed by atoms with E-state index in [9.17, 15) is 0 Å². The SMILES string of the molecule is CC1(C)CO[C@H]1CN. The summed E-state index contributed by atoms with van der Waals surface area (Å²) in [6.07, 6.45) is 0.308. The molecule has 2 heteroatoms. The van der Waals surface area contributed by atoms with Crippen LogP contribution < -0.4 is 5.73 Å². The predicted octanol–water partition coefficient (Wildman–Crippen LogP) is 0.370. The van der Waals surface area contributed by atoms with Gasteiger partial charge >= 0.3 is 0 Å². The third-order valence-electron chi connectivity index (χ3n) is 1.74. The zero-order valence-corrected chi connectivity index (χ0v) is 5.48. The van der Waals surface area contributed by atoms with E-state index in [0.29, 0.717) is 18.1 Å². The van der Waals surface area contributed by atoms with Gasteiger partial charge in [-0.2, -0.15) is 0 Å². The molecule has 1 rings (SSSR count). The van der Waals surface area contributed by atoms with Crippen molar-refractivity contribution in [3.63, 3.8) is 0 Å². The standard InChI is InChI=1S/C6H13NO/c1-6(2)4-8-5(6)3-7/h5H,3-4,7H2,1-2H3/t5-/m0/s1. The van der Waals surface area contributed by atoms with Gasteiger partial charge in [0.25, 0.3) is 0 Å². The van der Waals surface area contributed by atoms with E-state index in [4.69, 9.17) is 10.5 Å². The van der Waals surface area contributed by atoms with Crippen molar-refractivity contribution >= 4 is 0 Å². The summed E-state index contributed by atoms with van der Waals surface area (Å²) in [4.78, 5) is 0. The van der Waals surface area contributed by atoms with Gasteiger partial charge < -0.3 is 10.5 Å². The molecule has 1 heterocycles. The minimum absolute atomic E-state index is 0.308. The quantitative estimate of drug-likeness (QED) is 0.536. The molecule has 0 amide bonds. The Bertz CT molecular complexity index is 88.5. The average Bonchev–Trinajstić information content (AvgIpc) is 1.66. The second kappa shape index (κ2) is 1.71. The van der Waals surface area contributed by atoms with Crippen molar-refractivity contribution in [1.29, 1.82) is 0 Å². The van der Waals surface area contributed by atoms with Gasteiger partial charge in [-0.15, -0.1) is 0 Å². The number of hydrogen-bond donors (Lipinski definition) is 1. The largest absolute Gasteiger partial charge is 0.376 e. The third kappa shape index (κ3) is 0.740. The van der Waals surface area contributed by atoms with Crippen LogP contribution in [-0.2, 0) is 4.74 Å². The summed E-state index contributed by atoms with van der Waals surface area (Å²) in [5.41, 5.74) is 5.73. The summed E-state index contributed by atoms with van der Waals surface area (Å²) in [6.45, 7) is 5.88. The molecule has 0 radical (unpaired) electrons. The lowest BCUT2D eigenvalue weighted by Crippen LogP contribution is -2.51. The smallest absolute Gasteiger partial charge is 0.0770 e. The number of ether oxygens (including phenoxy) is 1. The first-order valence-electron chi connectivity index (χ1n) is 2.98. The maximum atomic E-state index is 5.38. The van der Waals surface area contributed by atoms with Gasteiger partial charge in [-0.3, -0.25) is 0 Å². The summed E-state index contributed by atoms with van der Waals surface area (Å²) in [7, 11) is 0. The second-order valence-corrected chi connectivity index (χ2v) is 3.02. The van der Waals surface area contributed by atoms with Gasteiger partial charge in [-0.1, -0.05) is 13.8 Å². The van der Waals surface area contributed by atoms with E-state index >= 15 is 0 Å². The highest BCUT2D eigenvalue weighted by Gasteiger charge is 2.38. The van der Waals surface area contributed by atoms with E-state index in [1.54, 1.807) is 0 Å². The number of nitrogens with two attached hydrogens (primary N) is 1. The van der Waals surface area contributed by atoms with Crippen molar-refractivity contribution < 1.29 is 4.74 Å². The first kappa shape index (κ1) is 6.05. The van der Waals surface area contributed by atoms with Gasteiger partial charge in [0.05, 0.1) is 12.7 Å². The van der Waals surface area contributed by atoms with Crippen LogP contribution in [-0.4, -0.2) is 19.3 Å². The van der Waals surface area contributed by atoms with Crippen LogP contribution >= 0.6 is 0 Å². The molecule has 0 spiro atoms. The van der Waals surface area contributed by atoms with Gasteiger partial charge in [0.1, 0.15) is 0 Å². The van der Waals surface area contributed by atoms with Crippen LogP contribution in [0, 0.1) is 5.41 Å². The molecule has 1 fully saturated rings. The molecule has 1 atom stereocenters. The van der Waals surface area contributed by atoms with Gasteiger partial charge in [0.2, 0.25) is 0 Å². The van der Waals surface area contributed by atoms with E-state index in [1.807, 2.05) is 0 Å². The molecule has 1 aliphatic rings. The molecule has 2 N–H and O–H groups in total. The highest BCUT2D eigenvalue weighted by Crippen LogP contribution is 2.32. The summed E-state index contributed by atoms with van der Waals surface area (Å²) >= 11 is 0. The minimum atomic E-state index is 0.308. The first-order chi connectivity index (χ1) is 3.67. The predicted molar refractivity (Wildman–Crippen MR) is 32.6 cm³/mol. The average molecular weight is 115 g/mol. The molecular formula is C6H13NO. The summed E-state index contributed by atoms with van der Waals surface area (Å²) < 4.78 is 5.17. The number of rotatable bonds is 1. The van der Waals surface area contributed by atoms with Gasteiger partial charge in [0, 0.05) is 12.0 Å². The zero-order chi connectivity index (χ0) is 6.20. The van der Waals surface area contributed by atoms with Crippen LogP contribution in [0.4, 0.5) is 0 Å². The molecule has 0 unspecified atom stereocenters. The molecule has 0 saturated carbocycles. The fourth-order valence-corrected chi connectivity index (χ4v) is 0.922. The molecule has 8 heavy (non-hydrogen) atoms. The maximum Gasteiger partial charge on any atom is 0.0770 e. The van der Waals surface area contributed by atoms with Crippen molar-refractivity contribution in [2.24, 2.45) is 11.1 Å². The molecule has 1 saturated heterocycles. The monoisotopic (exact) mass is 115 g/mol. The lowest BCUT2D eigenvalue weighted by Gasteiger charge is -2.43. The van der Waals surface area contributed by atoms with Crippen molar-refractivity contribution in [3.8, 4) is 0 Å². The molecular weight excluding hydrogens is 102 g/mol. The van der Waals surface area contributed by atoms with Crippen LogP contribution in [0.5, 0.6) is 0 Å². The van der Waals surface area contributed by atoms with Crippen LogP contribution in [0.25, 0.3) is 0 Å². The molecule has 0 aliphatic carbocycles. The maximum absolute atomic E-state index is 5.38. The number of hydrogen-bond acceptors (Lipinski definition) is 2. The van der Waals surface area contributed by atoms with Crippen molar-refractivity contribution in [2.45, 2.75) is 20.0 Å². The Labute approximate surface area is 50.0 Å². The van der Waals surface area contributed by atoms with Gasteiger partial charge in [-0.25, -0.2) is 0 Å². The zero-order valence-electron chi connectivity index (χ0n) is 5.48. The molecule has 0 aromatic heterocycles. The Hall–Kier alpha value is -0.0800. The summed E-state index contributed by atoms with van der Waals surface area (Å²) in [5, 5.41) is 0. The third-order valence-corrected chi connectivity index (χ3v) is 1.74. The van der Waals surface area contributed by atoms with Crippen LogP contribution in [0.3, 0.4) is 0 Å². The fourth-order valence-electron chi connectivity index (χ4n) is 0.922. The van der Waals surface area contributed by atoms with E-state index < -0.39 is 0 Å². The highest BCUT2D eigenvalue weighted by atomic mass is 16.5. The lowest BCUT2D eigenvalue weighted by molar-refractivity contribution is -0.161. The normalized spacial score (nSPS) is 34.1. The van der Waals surface area contributed by atoms with E-state index in [2.05, 4.69) is 13.8 Å². The topological polar surface area (TPSA) is 35.2 Å². The minimum Gasteiger partial charge on any atom is -0.376 e. The Morgan fingerprint density at radius 3 is 2.38 bits per heavy atom. The fraction of sp³-hybridized carbons (Fsp3) is 1.00. The summed E-state index contributed by atoms with van der Waals surface area (Å²) in [6, 6.07) is 0. The van der Waals surface area contributed by atoms with Crippen LogP contribution in [0.1, 0.15) is 13.8 Å². The summed E-state index contributed by atoms with van der Waals surface area (Å²) in [5.74, 6) is 0. The van der Waals surface area contributed by atoms with Crippen molar-refractivity contribution in [2.75, 3.05) is 13.2 Å². The van der Waals surface area contributed by atoms with Crippen molar-refractivity contribution in [3.05, 3.63) is 0 Å². The second-order valence-electron chi connectivity index (χ2n) is 3.02. The van der Waals surface area contributed by atoms with E-state index in [0.717, 1.165) is 6.61 Å². The Kier molecular flexibility index (Phi) is 1.29. The van der Waals surface area contributed by atoms with E-state index in [-0.39, 0.29) is 0 Å².